The summed E-state index contributed by atoms with van der Waals surface area (Å²) >= 11 is 3.00. The molecule has 2 aromatic carbocycles. The van der Waals surface area contributed by atoms with Gasteiger partial charge in [0, 0.05) is 16.3 Å². The van der Waals surface area contributed by atoms with Crippen LogP contribution in [0.1, 0.15) is 6.92 Å². The minimum Gasteiger partial charge on any atom is -0.324 e. The number of rotatable bonds is 8. The molecule has 1 amide bonds. The summed E-state index contributed by atoms with van der Waals surface area (Å²) in [6.07, 6.45) is 3.41. The van der Waals surface area contributed by atoms with E-state index in [2.05, 4.69) is 22.1 Å². The predicted octanol–water partition coefficient (Wildman–Crippen LogP) is 4.73. The quantitative estimate of drug-likeness (QED) is 0.440. The van der Waals surface area contributed by atoms with Crippen LogP contribution in [0.4, 0.5) is 5.69 Å². The highest BCUT2D eigenvalue weighted by Crippen LogP contribution is 2.33. The molecule has 0 saturated carbocycles. The summed E-state index contributed by atoms with van der Waals surface area (Å²) in [4.78, 5) is 14.8. The Bertz CT molecular complexity index is 911. The van der Waals surface area contributed by atoms with E-state index >= 15 is 0 Å². The molecule has 0 aliphatic heterocycles. The van der Waals surface area contributed by atoms with Crippen LogP contribution in [0.2, 0.25) is 0 Å². The SMILES string of the molecule is C=CCn1cnnc1S[C@@H](C)C(=O)Nc1ccccc1Sc1ccccc1. The van der Waals surface area contributed by atoms with Gasteiger partial charge in [-0.05, 0) is 31.2 Å². The molecule has 0 spiro atoms. The van der Waals surface area contributed by atoms with Gasteiger partial charge in [-0.3, -0.25) is 4.79 Å². The van der Waals surface area contributed by atoms with Crippen molar-refractivity contribution in [2.75, 3.05) is 5.32 Å². The van der Waals surface area contributed by atoms with Gasteiger partial charge in [-0.15, -0.1) is 16.8 Å². The fourth-order valence-electron chi connectivity index (χ4n) is 2.32. The Kier molecular flexibility index (Phi) is 6.73. The zero-order chi connectivity index (χ0) is 19.1. The van der Waals surface area contributed by atoms with E-state index in [1.807, 2.05) is 66.1 Å². The molecular weight excluding hydrogens is 376 g/mol. The number of carbonyl (C=O) groups is 1. The topological polar surface area (TPSA) is 59.8 Å². The number of carbonyl (C=O) groups excluding carboxylic acids is 1. The fourth-order valence-corrected chi connectivity index (χ4v) is 4.08. The lowest BCUT2D eigenvalue weighted by Crippen LogP contribution is -2.23. The smallest absolute Gasteiger partial charge is 0.237 e. The van der Waals surface area contributed by atoms with Crippen molar-refractivity contribution in [1.29, 1.82) is 0 Å². The summed E-state index contributed by atoms with van der Waals surface area (Å²) in [5.74, 6) is -0.0748. The van der Waals surface area contributed by atoms with Crippen molar-refractivity contribution >= 4 is 35.1 Å². The van der Waals surface area contributed by atoms with Gasteiger partial charge >= 0.3 is 0 Å². The number of benzene rings is 2. The second-order valence-electron chi connectivity index (χ2n) is 5.72. The Labute approximate surface area is 167 Å². The molecule has 0 aliphatic rings. The molecule has 1 N–H and O–H groups in total. The largest absolute Gasteiger partial charge is 0.324 e. The van der Waals surface area contributed by atoms with Crippen LogP contribution in [0.3, 0.4) is 0 Å². The predicted molar refractivity (Wildman–Crippen MR) is 111 cm³/mol. The van der Waals surface area contributed by atoms with E-state index < -0.39 is 0 Å². The second-order valence-corrected chi connectivity index (χ2v) is 8.14. The third kappa shape index (κ3) is 5.24. The first-order chi connectivity index (χ1) is 13.2. The highest BCUT2D eigenvalue weighted by Gasteiger charge is 2.19. The van der Waals surface area contributed by atoms with Crippen molar-refractivity contribution in [3.05, 3.63) is 73.6 Å². The van der Waals surface area contributed by atoms with Gasteiger partial charge in [0.25, 0.3) is 0 Å². The number of nitrogens with one attached hydrogen (secondary N) is 1. The first-order valence-corrected chi connectivity index (χ1v) is 10.1. The Morgan fingerprint density at radius 3 is 2.74 bits per heavy atom. The van der Waals surface area contributed by atoms with Crippen molar-refractivity contribution in [3.63, 3.8) is 0 Å². The molecule has 27 heavy (non-hydrogen) atoms. The molecule has 0 aliphatic carbocycles. The molecule has 3 rings (SSSR count). The first kappa shape index (κ1) is 19.3. The lowest BCUT2D eigenvalue weighted by atomic mass is 10.3. The number of hydrogen-bond acceptors (Lipinski definition) is 5. The van der Waals surface area contributed by atoms with Crippen LogP contribution < -0.4 is 5.32 Å². The van der Waals surface area contributed by atoms with Crippen LogP contribution in [-0.2, 0) is 11.3 Å². The number of para-hydroxylation sites is 1. The average Bonchev–Trinajstić information content (AvgIpc) is 3.11. The molecule has 7 heteroatoms. The Morgan fingerprint density at radius 1 is 1.22 bits per heavy atom. The maximum atomic E-state index is 12.7. The molecule has 1 heterocycles. The number of anilines is 1. The summed E-state index contributed by atoms with van der Waals surface area (Å²) in [5.41, 5.74) is 0.802. The van der Waals surface area contributed by atoms with Gasteiger partial charge in [-0.25, -0.2) is 0 Å². The maximum Gasteiger partial charge on any atom is 0.237 e. The van der Waals surface area contributed by atoms with E-state index in [0.717, 1.165) is 15.5 Å². The van der Waals surface area contributed by atoms with Crippen molar-refractivity contribution in [3.8, 4) is 0 Å². The minimum absolute atomic E-state index is 0.0748. The molecule has 138 valence electrons. The van der Waals surface area contributed by atoms with Crippen LogP contribution in [0.15, 0.2) is 88.5 Å². The van der Waals surface area contributed by atoms with Gasteiger partial charge in [0.15, 0.2) is 5.16 Å². The van der Waals surface area contributed by atoms with E-state index in [1.165, 1.54) is 11.8 Å². The van der Waals surface area contributed by atoms with E-state index in [9.17, 15) is 4.79 Å². The van der Waals surface area contributed by atoms with Gasteiger partial charge in [-0.1, -0.05) is 59.9 Å². The van der Waals surface area contributed by atoms with E-state index in [0.29, 0.717) is 11.7 Å². The molecule has 0 fully saturated rings. The van der Waals surface area contributed by atoms with Crippen LogP contribution in [0.5, 0.6) is 0 Å². The van der Waals surface area contributed by atoms with Crippen molar-refractivity contribution in [2.24, 2.45) is 0 Å². The Hall–Kier alpha value is -2.51. The summed E-state index contributed by atoms with van der Waals surface area (Å²) in [6, 6.07) is 17.9. The summed E-state index contributed by atoms with van der Waals surface area (Å²) in [5, 5.41) is 11.4. The molecule has 0 unspecified atom stereocenters. The zero-order valence-electron chi connectivity index (χ0n) is 14.9. The van der Waals surface area contributed by atoms with Gasteiger partial charge in [-0.2, -0.15) is 0 Å². The lowest BCUT2D eigenvalue weighted by molar-refractivity contribution is -0.115. The van der Waals surface area contributed by atoms with E-state index in [-0.39, 0.29) is 11.2 Å². The molecule has 3 aromatic rings. The lowest BCUT2D eigenvalue weighted by Gasteiger charge is -2.14. The summed E-state index contributed by atoms with van der Waals surface area (Å²) in [7, 11) is 0. The second kappa shape index (κ2) is 9.43. The fraction of sp³-hybridized carbons (Fsp3) is 0.150. The number of allylic oxidation sites excluding steroid dienone is 1. The molecule has 1 atom stereocenters. The number of nitrogens with zero attached hydrogens (tertiary/aromatic N) is 3. The highest BCUT2D eigenvalue weighted by atomic mass is 32.2. The molecule has 1 aromatic heterocycles. The van der Waals surface area contributed by atoms with Crippen LogP contribution in [-0.4, -0.2) is 25.9 Å². The third-order valence-electron chi connectivity index (χ3n) is 3.67. The monoisotopic (exact) mass is 396 g/mol. The molecular formula is C20H20N4OS2. The van der Waals surface area contributed by atoms with Gasteiger partial charge in [0.2, 0.25) is 5.91 Å². The van der Waals surface area contributed by atoms with Gasteiger partial charge in [0.1, 0.15) is 6.33 Å². The molecule has 0 bridgehead atoms. The first-order valence-electron chi connectivity index (χ1n) is 8.45. The zero-order valence-corrected chi connectivity index (χ0v) is 16.5. The molecule has 0 radical (unpaired) electrons. The van der Waals surface area contributed by atoms with E-state index in [4.69, 9.17) is 0 Å². The summed E-state index contributed by atoms with van der Waals surface area (Å²) in [6.45, 7) is 6.20. The normalized spacial score (nSPS) is 11.7. The van der Waals surface area contributed by atoms with E-state index in [1.54, 1.807) is 24.2 Å². The number of amides is 1. The summed E-state index contributed by atoms with van der Waals surface area (Å²) < 4.78 is 1.86. The molecule has 5 nitrogen and oxygen atoms in total. The Balaban J connectivity index is 1.68. The van der Waals surface area contributed by atoms with Crippen molar-refractivity contribution < 1.29 is 4.79 Å². The van der Waals surface area contributed by atoms with Crippen LogP contribution in [0.25, 0.3) is 0 Å². The van der Waals surface area contributed by atoms with Crippen LogP contribution >= 0.6 is 23.5 Å². The average molecular weight is 397 g/mol. The highest BCUT2D eigenvalue weighted by molar-refractivity contribution is 8.00. The number of hydrogen-bond donors (Lipinski definition) is 1. The van der Waals surface area contributed by atoms with Crippen molar-refractivity contribution in [1.82, 2.24) is 14.8 Å². The third-order valence-corrected chi connectivity index (χ3v) is 5.85. The molecule has 0 saturated heterocycles. The minimum atomic E-state index is -0.312. The maximum absolute atomic E-state index is 12.7. The Morgan fingerprint density at radius 2 is 1.96 bits per heavy atom. The van der Waals surface area contributed by atoms with Crippen LogP contribution in [0, 0.1) is 0 Å². The van der Waals surface area contributed by atoms with Gasteiger partial charge < -0.3 is 9.88 Å². The number of aromatic nitrogens is 3. The standard InChI is InChI=1S/C20H20N4OS2/c1-3-13-24-14-21-23-20(24)26-15(2)19(25)22-17-11-7-8-12-18(17)27-16-9-5-4-6-10-16/h3-12,14-15H,1,13H2,2H3,(H,22,25)/t15-/m0/s1. The van der Waals surface area contributed by atoms with Crippen molar-refractivity contribution in [2.45, 2.75) is 33.7 Å². The van der Waals surface area contributed by atoms with Gasteiger partial charge in [0.05, 0.1) is 10.9 Å². The number of thioether (sulfide) groups is 1.